The van der Waals surface area contributed by atoms with Crippen molar-refractivity contribution in [1.82, 2.24) is 15.5 Å². The van der Waals surface area contributed by atoms with E-state index in [4.69, 9.17) is 4.74 Å². The van der Waals surface area contributed by atoms with Gasteiger partial charge in [-0.2, -0.15) is 5.10 Å². The van der Waals surface area contributed by atoms with E-state index in [1.807, 2.05) is 12.1 Å². The molecule has 0 spiro atoms. The molecule has 2 aromatic rings. The summed E-state index contributed by atoms with van der Waals surface area (Å²) in [4.78, 5) is 2.27. The number of hydrogen-bond donors (Lipinski definition) is 1. The Bertz CT molecular complexity index is 712. The van der Waals surface area contributed by atoms with Gasteiger partial charge in [0.25, 0.3) is 0 Å². The molecule has 2 atom stereocenters. The summed E-state index contributed by atoms with van der Waals surface area (Å²) in [7, 11) is 0. The topological polar surface area (TPSA) is 50.3 Å². The highest BCUT2D eigenvalue weighted by atomic mass is 19.1. The van der Waals surface area contributed by atoms with Crippen molar-refractivity contribution in [3.63, 3.8) is 0 Å². The second-order valence-corrected chi connectivity index (χ2v) is 6.76. The molecule has 3 heterocycles. The van der Waals surface area contributed by atoms with Crippen LogP contribution in [-0.2, 0) is 0 Å². The zero-order valence-corrected chi connectivity index (χ0v) is 14.2. The lowest BCUT2D eigenvalue weighted by Gasteiger charge is -2.36. The molecule has 0 aliphatic carbocycles. The maximum Gasteiger partial charge on any atom is 0.151 e. The Morgan fingerprint density at radius 1 is 1.20 bits per heavy atom. The van der Waals surface area contributed by atoms with Gasteiger partial charge in [-0.1, -0.05) is 0 Å². The number of halogens is 1. The number of fused-ring (bicyclic) bond motifs is 1. The first-order chi connectivity index (χ1) is 12.3. The van der Waals surface area contributed by atoms with Crippen LogP contribution in [0, 0.1) is 5.82 Å². The van der Waals surface area contributed by atoms with Crippen LogP contribution in [0.15, 0.2) is 36.5 Å². The number of rotatable bonds is 3. The minimum atomic E-state index is -0.208. The fraction of sp³-hybridized carbons (Fsp3) is 0.474. The molecule has 1 aromatic carbocycles. The Balaban J connectivity index is 1.49. The third-order valence-electron chi connectivity index (χ3n) is 4.98. The number of nitrogens with one attached hydrogen (secondary N) is 1. The Morgan fingerprint density at radius 3 is 3.04 bits per heavy atom. The number of anilines is 1. The van der Waals surface area contributed by atoms with Crippen molar-refractivity contribution in [3.05, 3.63) is 47.9 Å². The van der Waals surface area contributed by atoms with Gasteiger partial charge in [-0.05, 0) is 56.0 Å². The van der Waals surface area contributed by atoms with Crippen molar-refractivity contribution in [1.29, 1.82) is 0 Å². The van der Waals surface area contributed by atoms with Crippen LogP contribution in [0.25, 0.3) is 0 Å². The highest BCUT2D eigenvalue weighted by molar-refractivity contribution is 5.39. The summed E-state index contributed by atoms with van der Waals surface area (Å²) in [6.45, 7) is 2.57. The molecule has 132 valence electrons. The molecule has 6 heteroatoms. The van der Waals surface area contributed by atoms with Gasteiger partial charge >= 0.3 is 0 Å². The predicted octanol–water partition coefficient (Wildman–Crippen LogP) is 3.09. The summed E-state index contributed by atoms with van der Waals surface area (Å²) >= 11 is 0. The van der Waals surface area contributed by atoms with E-state index in [0.717, 1.165) is 55.9 Å². The molecule has 0 radical (unpaired) electrons. The summed E-state index contributed by atoms with van der Waals surface area (Å²) in [6, 6.07) is 9.21. The fourth-order valence-electron chi connectivity index (χ4n) is 3.79. The SMILES string of the molecule is Fc1ccc2c(c1)[C@@H](N[C@H]1CCCN(c3cccnn3)C1)CCCO2. The Labute approximate surface area is 147 Å². The van der Waals surface area contributed by atoms with E-state index >= 15 is 0 Å². The van der Waals surface area contributed by atoms with Gasteiger partial charge in [-0.25, -0.2) is 4.39 Å². The molecular weight excluding hydrogens is 319 g/mol. The van der Waals surface area contributed by atoms with Crippen molar-refractivity contribution >= 4 is 5.82 Å². The van der Waals surface area contributed by atoms with Crippen LogP contribution in [0.1, 0.15) is 37.3 Å². The van der Waals surface area contributed by atoms with Gasteiger partial charge in [0.05, 0.1) is 6.61 Å². The van der Waals surface area contributed by atoms with Crippen LogP contribution in [0.2, 0.25) is 0 Å². The number of ether oxygens (including phenoxy) is 1. The summed E-state index contributed by atoms with van der Waals surface area (Å²) in [5.74, 6) is 1.52. The average molecular weight is 342 g/mol. The molecule has 1 N–H and O–H groups in total. The minimum absolute atomic E-state index is 0.125. The van der Waals surface area contributed by atoms with Crippen LogP contribution in [-0.4, -0.2) is 35.9 Å². The Hall–Kier alpha value is -2.21. The summed E-state index contributed by atoms with van der Waals surface area (Å²) in [5, 5.41) is 12.0. The second kappa shape index (κ2) is 7.35. The van der Waals surface area contributed by atoms with Gasteiger partial charge in [0, 0.05) is 36.9 Å². The first kappa shape index (κ1) is 16.3. The monoisotopic (exact) mass is 342 g/mol. The van der Waals surface area contributed by atoms with Gasteiger partial charge in [-0.15, -0.1) is 5.10 Å². The lowest BCUT2D eigenvalue weighted by Crippen LogP contribution is -2.47. The van der Waals surface area contributed by atoms with Crippen molar-refractivity contribution in [2.75, 3.05) is 24.6 Å². The van der Waals surface area contributed by atoms with Gasteiger partial charge < -0.3 is 15.0 Å². The zero-order valence-electron chi connectivity index (χ0n) is 14.2. The number of nitrogens with zero attached hydrogens (tertiary/aromatic N) is 3. The molecule has 25 heavy (non-hydrogen) atoms. The molecule has 1 saturated heterocycles. The van der Waals surface area contributed by atoms with Crippen LogP contribution in [0.5, 0.6) is 5.75 Å². The van der Waals surface area contributed by atoms with E-state index in [0.29, 0.717) is 12.6 Å². The maximum absolute atomic E-state index is 13.8. The molecule has 2 aliphatic heterocycles. The third kappa shape index (κ3) is 3.74. The highest BCUT2D eigenvalue weighted by Gasteiger charge is 2.26. The number of aromatic nitrogens is 2. The van der Waals surface area contributed by atoms with Gasteiger partial charge in [0.2, 0.25) is 0 Å². The van der Waals surface area contributed by atoms with E-state index in [-0.39, 0.29) is 11.9 Å². The van der Waals surface area contributed by atoms with Crippen molar-refractivity contribution < 1.29 is 9.13 Å². The number of benzene rings is 1. The number of piperidine rings is 1. The molecule has 1 aromatic heterocycles. The molecule has 4 rings (SSSR count). The van der Waals surface area contributed by atoms with Gasteiger partial charge in [0.15, 0.2) is 5.82 Å². The largest absolute Gasteiger partial charge is 0.493 e. The third-order valence-corrected chi connectivity index (χ3v) is 4.98. The average Bonchev–Trinajstić information content (AvgIpc) is 2.85. The van der Waals surface area contributed by atoms with E-state index in [1.165, 1.54) is 6.07 Å². The molecule has 5 nitrogen and oxygen atoms in total. The van der Waals surface area contributed by atoms with Crippen LogP contribution >= 0.6 is 0 Å². The van der Waals surface area contributed by atoms with Crippen molar-refractivity contribution in [2.24, 2.45) is 0 Å². The van der Waals surface area contributed by atoms with Gasteiger partial charge in [-0.3, -0.25) is 0 Å². The second-order valence-electron chi connectivity index (χ2n) is 6.76. The summed E-state index contributed by atoms with van der Waals surface area (Å²) in [6.07, 6.45) is 5.83. The van der Waals surface area contributed by atoms with E-state index in [2.05, 4.69) is 20.4 Å². The predicted molar refractivity (Wildman–Crippen MR) is 94.3 cm³/mol. The maximum atomic E-state index is 13.8. The molecule has 1 fully saturated rings. The lowest BCUT2D eigenvalue weighted by atomic mass is 9.98. The van der Waals surface area contributed by atoms with E-state index < -0.39 is 0 Å². The van der Waals surface area contributed by atoms with Crippen LogP contribution in [0.4, 0.5) is 10.2 Å². The zero-order chi connectivity index (χ0) is 17.1. The standard InChI is InChI=1S/C19H23FN4O/c20-14-7-8-18-16(12-14)17(5-3-11-25-18)22-15-4-2-10-24(13-15)19-6-1-9-21-23-19/h1,6-9,12,15,17,22H,2-5,10-11,13H2/t15-,17-/m0/s1. The van der Waals surface area contributed by atoms with Crippen molar-refractivity contribution in [3.8, 4) is 5.75 Å². The quantitative estimate of drug-likeness (QED) is 0.929. The van der Waals surface area contributed by atoms with Crippen molar-refractivity contribution in [2.45, 2.75) is 37.8 Å². The van der Waals surface area contributed by atoms with E-state index in [9.17, 15) is 4.39 Å². The normalized spacial score (nSPS) is 23.5. The lowest BCUT2D eigenvalue weighted by molar-refractivity contribution is 0.312. The molecule has 0 amide bonds. The highest BCUT2D eigenvalue weighted by Crippen LogP contribution is 2.33. The summed E-state index contributed by atoms with van der Waals surface area (Å²) in [5.41, 5.74) is 0.939. The Morgan fingerprint density at radius 2 is 2.16 bits per heavy atom. The number of hydrogen-bond acceptors (Lipinski definition) is 5. The molecule has 0 unspecified atom stereocenters. The molecule has 2 aliphatic rings. The van der Waals surface area contributed by atoms with Gasteiger partial charge in [0.1, 0.15) is 11.6 Å². The van der Waals surface area contributed by atoms with Crippen LogP contribution in [0.3, 0.4) is 0 Å². The fourth-order valence-corrected chi connectivity index (χ4v) is 3.79. The Kier molecular flexibility index (Phi) is 4.78. The first-order valence-corrected chi connectivity index (χ1v) is 9.00. The smallest absolute Gasteiger partial charge is 0.151 e. The molecule has 0 bridgehead atoms. The first-order valence-electron chi connectivity index (χ1n) is 9.00. The molecule has 0 saturated carbocycles. The summed E-state index contributed by atoms with van der Waals surface area (Å²) < 4.78 is 19.5. The minimum Gasteiger partial charge on any atom is -0.493 e. The van der Waals surface area contributed by atoms with Crippen LogP contribution < -0.4 is 15.0 Å². The van der Waals surface area contributed by atoms with E-state index in [1.54, 1.807) is 18.3 Å². The molecular formula is C19H23FN4O.